The molecule has 0 aliphatic carbocycles. The molecule has 0 heterocycles. The highest BCUT2D eigenvalue weighted by Gasteiger charge is 2.26. The van der Waals surface area contributed by atoms with E-state index in [4.69, 9.17) is 0 Å². The van der Waals surface area contributed by atoms with Gasteiger partial charge in [0.05, 0.1) is 22.0 Å². The maximum Gasteiger partial charge on any atom is 0.293 e. The summed E-state index contributed by atoms with van der Waals surface area (Å²) in [6, 6.07) is 3.67. The molecule has 112 valence electrons. The molecule has 7 nitrogen and oxygen atoms in total. The third-order valence-electron chi connectivity index (χ3n) is 3.16. The summed E-state index contributed by atoms with van der Waals surface area (Å²) >= 11 is 0. The Kier molecular flexibility index (Phi) is 4.72. The lowest BCUT2D eigenvalue weighted by Crippen LogP contribution is -2.38. The Labute approximate surface area is 117 Å². The Morgan fingerprint density at radius 2 is 2.05 bits per heavy atom. The molecule has 1 rings (SSSR count). The Morgan fingerprint density at radius 3 is 2.45 bits per heavy atom. The number of hydrogen-bond acceptors (Lipinski definition) is 6. The van der Waals surface area contributed by atoms with Gasteiger partial charge in [-0.3, -0.25) is 10.1 Å². The zero-order valence-corrected chi connectivity index (χ0v) is 12.4. The number of aliphatic hydroxyl groups is 1. The quantitative estimate of drug-likeness (QED) is 0.609. The Morgan fingerprint density at radius 1 is 1.45 bits per heavy atom. The van der Waals surface area contributed by atoms with E-state index in [0.29, 0.717) is 6.42 Å². The predicted molar refractivity (Wildman–Crippen MR) is 75.6 cm³/mol. The van der Waals surface area contributed by atoms with Crippen molar-refractivity contribution in [1.29, 1.82) is 0 Å². The van der Waals surface area contributed by atoms with Gasteiger partial charge in [0.2, 0.25) is 0 Å². The molecule has 0 aliphatic rings. The van der Waals surface area contributed by atoms with Crippen molar-refractivity contribution in [1.82, 2.24) is 0 Å². The first kappa shape index (κ1) is 16.4. The number of nitrogens with zero attached hydrogens (tertiary/aromatic N) is 1. The summed E-state index contributed by atoms with van der Waals surface area (Å²) in [5, 5.41) is 23.3. The number of anilines is 1. The second-order valence-electron chi connectivity index (χ2n) is 4.91. The molecule has 2 N–H and O–H groups in total. The molecular formula is C12H18N2O5S. The SMILES string of the molecule is CCC(C)(CO)Nc1ccc(S(C)(=O)=O)cc1[N+](=O)[O-]. The van der Waals surface area contributed by atoms with Crippen LogP contribution in [-0.4, -0.2) is 36.8 Å². The van der Waals surface area contributed by atoms with Gasteiger partial charge in [-0.2, -0.15) is 0 Å². The van der Waals surface area contributed by atoms with Crippen LogP contribution in [0.5, 0.6) is 0 Å². The molecule has 1 unspecified atom stereocenters. The van der Waals surface area contributed by atoms with Gasteiger partial charge in [0, 0.05) is 12.3 Å². The molecule has 1 aromatic rings. The zero-order valence-electron chi connectivity index (χ0n) is 11.6. The number of nitrogens with one attached hydrogen (secondary N) is 1. The van der Waals surface area contributed by atoms with Gasteiger partial charge >= 0.3 is 0 Å². The van der Waals surface area contributed by atoms with Crippen molar-refractivity contribution in [3.05, 3.63) is 28.3 Å². The number of nitro benzene ring substituents is 1. The minimum Gasteiger partial charge on any atom is -0.394 e. The first-order chi connectivity index (χ1) is 9.13. The maximum atomic E-state index is 11.4. The van der Waals surface area contributed by atoms with Gasteiger partial charge in [0.15, 0.2) is 9.84 Å². The van der Waals surface area contributed by atoms with Crippen LogP contribution in [0.15, 0.2) is 23.1 Å². The van der Waals surface area contributed by atoms with Gasteiger partial charge in [0.1, 0.15) is 5.69 Å². The minimum atomic E-state index is -3.51. The van der Waals surface area contributed by atoms with Crippen LogP contribution >= 0.6 is 0 Å². The fourth-order valence-corrected chi connectivity index (χ4v) is 2.20. The fraction of sp³-hybridized carbons (Fsp3) is 0.500. The molecule has 1 atom stereocenters. The number of hydrogen-bond donors (Lipinski definition) is 2. The summed E-state index contributed by atoms with van der Waals surface area (Å²) in [7, 11) is -3.51. The van der Waals surface area contributed by atoms with Gasteiger partial charge in [-0.15, -0.1) is 0 Å². The van der Waals surface area contributed by atoms with Crippen LogP contribution in [0.25, 0.3) is 0 Å². The van der Waals surface area contributed by atoms with E-state index in [-0.39, 0.29) is 22.9 Å². The first-order valence-corrected chi connectivity index (χ1v) is 7.89. The molecule has 20 heavy (non-hydrogen) atoms. The van der Waals surface area contributed by atoms with Gasteiger partial charge in [-0.1, -0.05) is 6.92 Å². The third-order valence-corrected chi connectivity index (χ3v) is 4.27. The molecule has 0 spiro atoms. The molecule has 0 bridgehead atoms. The summed E-state index contributed by atoms with van der Waals surface area (Å²) in [5.74, 6) is 0. The molecule has 0 fully saturated rings. The largest absolute Gasteiger partial charge is 0.394 e. The summed E-state index contributed by atoms with van der Waals surface area (Å²) in [6.07, 6.45) is 1.54. The number of rotatable bonds is 6. The van der Waals surface area contributed by atoms with E-state index in [2.05, 4.69) is 5.32 Å². The highest BCUT2D eigenvalue weighted by molar-refractivity contribution is 7.90. The molecule has 0 amide bonds. The van der Waals surface area contributed by atoms with Crippen molar-refractivity contribution in [2.45, 2.75) is 30.7 Å². The van der Waals surface area contributed by atoms with Crippen LogP contribution in [0.1, 0.15) is 20.3 Å². The average Bonchev–Trinajstić information content (AvgIpc) is 2.37. The predicted octanol–water partition coefficient (Wildman–Crippen LogP) is 1.57. The van der Waals surface area contributed by atoms with Crippen LogP contribution in [-0.2, 0) is 9.84 Å². The van der Waals surface area contributed by atoms with Gasteiger partial charge in [-0.05, 0) is 25.5 Å². The lowest BCUT2D eigenvalue weighted by atomic mass is 9.99. The summed E-state index contributed by atoms with van der Waals surface area (Å²) in [6.45, 7) is 3.36. The van der Waals surface area contributed by atoms with Crippen molar-refractivity contribution >= 4 is 21.2 Å². The van der Waals surface area contributed by atoms with Gasteiger partial charge < -0.3 is 10.4 Å². The van der Waals surface area contributed by atoms with E-state index in [9.17, 15) is 23.6 Å². The second kappa shape index (κ2) is 5.76. The molecule has 0 aromatic heterocycles. The number of benzene rings is 1. The number of nitro groups is 1. The fourth-order valence-electron chi connectivity index (χ4n) is 1.56. The van der Waals surface area contributed by atoms with Crippen LogP contribution in [0.3, 0.4) is 0 Å². The highest BCUT2D eigenvalue weighted by Crippen LogP contribution is 2.30. The first-order valence-electron chi connectivity index (χ1n) is 6.00. The lowest BCUT2D eigenvalue weighted by Gasteiger charge is -2.28. The van der Waals surface area contributed by atoms with Crippen molar-refractivity contribution in [3.8, 4) is 0 Å². The molecule has 0 saturated heterocycles. The molecule has 8 heteroatoms. The summed E-state index contributed by atoms with van der Waals surface area (Å²) in [5.41, 5.74) is -0.862. The Balaban J connectivity index is 3.32. The zero-order chi connectivity index (χ0) is 15.6. The lowest BCUT2D eigenvalue weighted by molar-refractivity contribution is -0.384. The van der Waals surface area contributed by atoms with Crippen molar-refractivity contribution in [3.63, 3.8) is 0 Å². The van der Waals surface area contributed by atoms with Crippen molar-refractivity contribution < 1.29 is 18.4 Å². The van der Waals surface area contributed by atoms with Gasteiger partial charge in [0.25, 0.3) is 5.69 Å². The average molecular weight is 302 g/mol. The normalized spacial score (nSPS) is 14.6. The monoisotopic (exact) mass is 302 g/mol. The van der Waals surface area contributed by atoms with Crippen LogP contribution in [0.4, 0.5) is 11.4 Å². The number of aliphatic hydroxyl groups excluding tert-OH is 1. The van der Waals surface area contributed by atoms with E-state index >= 15 is 0 Å². The smallest absolute Gasteiger partial charge is 0.293 e. The molecule has 0 radical (unpaired) electrons. The number of sulfone groups is 1. The van der Waals surface area contributed by atoms with E-state index in [0.717, 1.165) is 12.3 Å². The van der Waals surface area contributed by atoms with E-state index < -0.39 is 20.3 Å². The summed E-state index contributed by atoms with van der Waals surface area (Å²) in [4.78, 5) is 10.3. The van der Waals surface area contributed by atoms with Crippen molar-refractivity contribution in [2.24, 2.45) is 0 Å². The minimum absolute atomic E-state index is 0.114. The van der Waals surface area contributed by atoms with Crippen LogP contribution < -0.4 is 5.32 Å². The standard InChI is InChI=1S/C12H18N2O5S/c1-4-12(2,8-15)13-10-6-5-9(20(3,18)19)7-11(10)14(16)17/h5-7,13,15H,4,8H2,1-3H3. The molecule has 0 aliphatic heterocycles. The van der Waals surface area contributed by atoms with E-state index in [1.807, 2.05) is 6.92 Å². The van der Waals surface area contributed by atoms with E-state index in [1.54, 1.807) is 6.92 Å². The highest BCUT2D eigenvalue weighted by atomic mass is 32.2. The Bertz CT molecular complexity index is 608. The Hall–Kier alpha value is -1.67. The molecule has 0 saturated carbocycles. The van der Waals surface area contributed by atoms with E-state index in [1.165, 1.54) is 12.1 Å². The molecular weight excluding hydrogens is 284 g/mol. The topological polar surface area (TPSA) is 110 Å². The van der Waals surface area contributed by atoms with Gasteiger partial charge in [-0.25, -0.2) is 8.42 Å². The van der Waals surface area contributed by atoms with Crippen molar-refractivity contribution in [2.75, 3.05) is 18.2 Å². The maximum absolute atomic E-state index is 11.4. The van der Waals surface area contributed by atoms with Crippen LogP contribution in [0.2, 0.25) is 0 Å². The van der Waals surface area contributed by atoms with Crippen LogP contribution in [0, 0.1) is 10.1 Å². The summed E-state index contributed by atoms with van der Waals surface area (Å²) < 4.78 is 22.9. The molecule has 1 aromatic carbocycles. The third kappa shape index (κ3) is 3.67. The second-order valence-corrected chi connectivity index (χ2v) is 6.92.